The Balaban J connectivity index is 1.75. The number of amides is 2. The van der Waals surface area contributed by atoms with Crippen molar-refractivity contribution in [2.75, 3.05) is 6.54 Å². The monoisotopic (exact) mass is 240 g/mol. The predicted octanol–water partition coefficient (Wildman–Crippen LogP) is 1.39. The molecule has 1 aliphatic carbocycles. The average Bonchev–Trinajstić information content (AvgIpc) is 3.19. The lowest BCUT2D eigenvalue weighted by Crippen LogP contribution is -2.31. The highest BCUT2D eigenvalue weighted by Crippen LogP contribution is 2.24. The summed E-state index contributed by atoms with van der Waals surface area (Å²) in [6.45, 7) is 0.149. The zero-order chi connectivity index (χ0) is 12.7. The van der Waals surface area contributed by atoms with Crippen molar-refractivity contribution in [1.82, 2.24) is 4.90 Å². The molecule has 1 radical (unpaired) electrons. The molecule has 0 bridgehead atoms. The van der Waals surface area contributed by atoms with Gasteiger partial charge in [0.25, 0.3) is 11.8 Å². The number of allylic oxidation sites excluding steroid dienone is 2. The molecule has 2 aliphatic rings. The van der Waals surface area contributed by atoms with E-state index in [0.717, 1.165) is 4.90 Å². The van der Waals surface area contributed by atoms with Crippen LogP contribution in [0.4, 0.5) is 0 Å². The molecular formula is C14H10NO3. The molecule has 1 heterocycles. The highest BCUT2D eigenvalue weighted by molar-refractivity contribution is 6.21. The Labute approximate surface area is 104 Å². The number of fused-ring (bicyclic) bond motifs is 1. The van der Waals surface area contributed by atoms with E-state index in [1.54, 1.807) is 36.8 Å². The van der Waals surface area contributed by atoms with Crippen molar-refractivity contribution in [3.05, 3.63) is 53.5 Å². The van der Waals surface area contributed by atoms with Crippen molar-refractivity contribution in [1.29, 1.82) is 0 Å². The van der Waals surface area contributed by atoms with E-state index in [0.29, 0.717) is 16.7 Å². The van der Waals surface area contributed by atoms with Gasteiger partial charge in [0.15, 0.2) is 5.78 Å². The molecule has 0 atom stereocenters. The first-order chi connectivity index (χ1) is 8.68. The Bertz CT molecular complexity index is 566. The van der Waals surface area contributed by atoms with Crippen LogP contribution in [-0.4, -0.2) is 29.0 Å². The molecule has 18 heavy (non-hydrogen) atoms. The van der Waals surface area contributed by atoms with E-state index in [1.807, 2.05) is 0 Å². The predicted molar refractivity (Wildman–Crippen MR) is 63.8 cm³/mol. The first-order valence-corrected chi connectivity index (χ1v) is 5.72. The van der Waals surface area contributed by atoms with Gasteiger partial charge in [-0.3, -0.25) is 19.3 Å². The summed E-state index contributed by atoms with van der Waals surface area (Å²) in [4.78, 5) is 36.6. The Morgan fingerprint density at radius 2 is 1.61 bits per heavy atom. The highest BCUT2D eigenvalue weighted by atomic mass is 16.2. The van der Waals surface area contributed by atoms with Gasteiger partial charge in [-0.25, -0.2) is 0 Å². The van der Waals surface area contributed by atoms with Crippen LogP contribution in [0.3, 0.4) is 0 Å². The zero-order valence-corrected chi connectivity index (χ0v) is 9.55. The molecule has 0 unspecified atom stereocenters. The first-order valence-electron chi connectivity index (χ1n) is 5.72. The molecule has 2 amide bonds. The number of ketones is 1. The van der Waals surface area contributed by atoms with Crippen molar-refractivity contribution in [2.24, 2.45) is 0 Å². The van der Waals surface area contributed by atoms with E-state index >= 15 is 0 Å². The molecule has 0 N–H and O–H groups in total. The standard InChI is InChI=1S/C14H10NO3/c16-12(9-5-6-9)7-8-15-13(17)10-3-1-2-4-11(10)14(15)18/h1-6H,7-8H2. The second-order valence-corrected chi connectivity index (χ2v) is 4.27. The van der Waals surface area contributed by atoms with E-state index in [-0.39, 0.29) is 30.6 Å². The third kappa shape index (κ3) is 1.66. The van der Waals surface area contributed by atoms with Crippen LogP contribution in [0.1, 0.15) is 27.1 Å². The molecule has 0 spiro atoms. The summed E-state index contributed by atoms with van der Waals surface area (Å²) in [5.41, 5.74) is 1.53. The van der Waals surface area contributed by atoms with Gasteiger partial charge in [0.05, 0.1) is 11.1 Å². The topological polar surface area (TPSA) is 54.5 Å². The lowest BCUT2D eigenvalue weighted by atomic mass is 10.1. The first kappa shape index (κ1) is 10.9. The van der Waals surface area contributed by atoms with Crippen LogP contribution in [0, 0.1) is 6.42 Å². The largest absolute Gasteiger partial charge is 0.294 e. The maximum Gasteiger partial charge on any atom is 0.261 e. The molecular weight excluding hydrogens is 230 g/mol. The van der Waals surface area contributed by atoms with Gasteiger partial charge >= 0.3 is 0 Å². The fraction of sp³-hybridized carbons (Fsp3) is 0.143. The average molecular weight is 240 g/mol. The highest BCUT2D eigenvalue weighted by Gasteiger charge is 2.35. The molecule has 0 saturated carbocycles. The van der Waals surface area contributed by atoms with E-state index in [4.69, 9.17) is 0 Å². The van der Waals surface area contributed by atoms with Gasteiger partial charge < -0.3 is 0 Å². The Morgan fingerprint density at radius 1 is 1.06 bits per heavy atom. The second kappa shape index (κ2) is 3.91. The van der Waals surface area contributed by atoms with Gasteiger partial charge in [0, 0.05) is 19.4 Å². The summed E-state index contributed by atoms with van der Waals surface area (Å²) in [6.07, 6.45) is 3.64. The van der Waals surface area contributed by atoms with Crippen LogP contribution >= 0.6 is 0 Å². The number of benzene rings is 1. The van der Waals surface area contributed by atoms with Gasteiger partial charge in [0.1, 0.15) is 0 Å². The molecule has 4 nitrogen and oxygen atoms in total. The minimum absolute atomic E-state index is 0.0217. The molecule has 1 aromatic rings. The zero-order valence-electron chi connectivity index (χ0n) is 9.55. The van der Waals surface area contributed by atoms with Crippen LogP contribution in [-0.2, 0) is 4.79 Å². The fourth-order valence-corrected chi connectivity index (χ4v) is 2.03. The van der Waals surface area contributed by atoms with Crippen LogP contribution in [0.25, 0.3) is 0 Å². The van der Waals surface area contributed by atoms with Crippen LogP contribution in [0.2, 0.25) is 0 Å². The van der Waals surface area contributed by atoms with Crippen molar-refractivity contribution < 1.29 is 14.4 Å². The number of Topliss-reactive ketones (excluding diaryl/α,β-unsaturated/α-hetero) is 1. The summed E-state index contributed by atoms with van der Waals surface area (Å²) in [6, 6.07) is 6.72. The van der Waals surface area contributed by atoms with Crippen LogP contribution in [0.15, 0.2) is 35.9 Å². The van der Waals surface area contributed by atoms with Crippen LogP contribution < -0.4 is 0 Å². The summed E-state index contributed by atoms with van der Waals surface area (Å²) < 4.78 is 0. The van der Waals surface area contributed by atoms with Crippen molar-refractivity contribution in [3.63, 3.8) is 0 Å². The molecule has 1 aromatic carbocycles. The van der Waals surface area contributed by atoms with Crippen molar-refractivity contribution >= 4 is 17.6 Å². The number of imide groups is 1. The van der Waals surface area contributed by atoms with Crippen molar-refractivity contribution in [3.8, 4) is 0 Å². The number of hydrogen-bond donors (Lipinski definition) is 0. The number of nitrogens with zero attached hydrogens (tertiary/aromatic N) is 1. The molecule has 0 aromatic heterocycles. The molecule has 3 rings (SSSR count). The van der Waals surface area contributed by atoms with E-state index in [2.05, 4.69) is 0 Å². The summed E-state index contributed by atoms with van der Waals surface area (Å²) >= 11 is 0. The second-order valence-electron chi connectivity index (χ2n) is 4.27. The number of rotatable bonds is 4. The molecule has 0 fully saturated rings. The maximum absolute atomic E-state index is 12.0. The summed E-state index contributed by atoms with van der Waals surface area (Å²) in [5, 5.41) is 0. The minimum atomic E-state index is -0.308. The molecule has 89 valence electrons. The SMILES string of the molecule is O=C(CCN1C(=O)c2ccccc2C1=O)C1=C[CH]1. The van der Waals surface area contributed by atoms with Gasteiger partial charge in [-0.1, -0.05) is 18.2 Å². The van der Waals surface area contributed by atoms with Crippen LogP contribution in [0.5, 0.6) is 0 Å². The maximum atomic E-state index is 12.0. The quantitative estimate of drug-likeness (QED) is 0.747. The van der Waals surface area contributed by atoms with E-state index in [9.17, 15) is 14.4 Å². The molecule has 4 heteroatoms. The van der Waals surface area contributed by atoms with Crippen molar-refractivity contribution in [2.45, 2.75) is 6.42 Å². The fourth-order valence-electron chi connectivity index (χ4n) is 2.03. The number of carbonyl (C=O) groups is 3. The van der Waals surface area contributed by atoms with Gasteiger partial charge in [-0.05, 0) is 17.7 Å². The van der Waals surface area contributed by atoms with Gasteiger partial charge in [0.2, 0.25) is 0 Å². The summed E-state index contributed by atoms with van der Waals surface area (Å²) in [5.74, 6) is -0.638. The normalized spacial score (nSPS) is 16.7. The summed E-state index contributed by atoms with van der Waals surface area (Å²) in [7, 11) is 0. The Morgan fingerprint density at radius 3 is 2.11 bits per heavy atom. The number of hydrogen-bond acceptors (Lipinski definition) is 3. The lowest BCUT2D eigenvalue weighted by molar-refractivity contribution is -0.115. The van der Waals surface area contributed by atoms with Gasteiger partial charge in [-0.15, -0.1) is 0 Å². The lowest BCUT2D eigenvalue weighted by Gasteiger charge is -2.12. The minimum Gasteiger partial charge on any atom is -0.294 e. The molecule has 0 saturated heterocycles. The van der Waals surface area contributed by atoms with E-state index < -0.39 is 0 Å². The van der Waals surface area contributed by atoms with E-state index in [1.165, 1.54) is 0 Å². The smallest absolute Gasteiger partial charge is 0.261 e. The third-order valence-electron chi connectivity index (χ3n) is 3.10. The Hall–Kier alpha value is -2.23. The number of carbonyl (C=O) groups excluding carboxylic acids is 3. The molecule has 1 aliphatic heterocycles. The Kier molecular flexibility index (Phi) is 2.37. The third-order valence-corrected chi connectivity index (χ3v) is 3.10. The van der Waals surface area contributed by atoms with Gasteiger partial charge in [-0.2, -0.15) is 0 Å².